The largest absolute Gasteiger partial charge is 0.0654 e. The third-order valence-corrected chi connectivity index (χ3v) is 15.7. The van der Waals surface area contributed by atoms with Crippen LogP contribution in [0.5, 0.6) is 0 Å². The van der Waals surface area contributed by atoms with Crippen LogP contribution in [-0.4, -0.2) is 8.41 Å². The topological polar surface area (TPSA) is 0 Å². The molecule has 3 radical (unpaired) electrons. The monoisotopic (exact) mass is 1150 g/mol. The normalized spacial score (nSPS) is 10.1. The van der Waals surface area contributed by atoms with Gasteiger partial charge >= 0.3 is 0 Å². The van der Waals surface area contributed by atoms with E-state index in [1.807, 2.05) is 0 Å². The summed E-state index contributed by atoms with van der Waals surface area (Å²) >= 11 is 0. The highest BCUT2D eigenvalue weighted by molar-refractivity contribution is 5.75. The molecular formula is C80H176B. The van der Waals surface area contributed by atoms with Crippen molar-refractivity contribution < 1.29 is 0 Å². The molecule has 0 nitrogen and oxygen atoms in total. The molecule has 0 aliphatic heterocycles. The van der Waals surface area contributed by atoms with Crippen molar-refractivity contribution in [3.05, 3.63) is 0 Å². The van der Waals surface area contributed by atoms with E-state index in [1.165, 1.54) is 411 Å². The van der Waals surface area contributed by atoms with E-state index in [1.54, 1.807) is 0 Å². The van der Waals surface area contributed by atoms with Gasteiger partial charge in [0.2, 0.25) is 0 Å². The molecule has 0 aromatic rings. The Morgan fingerprint density at radius 1 is 0.0741 bits per heavy atom. The Hall–Kier alpha value is 0.0649. The molecule has 0 N–H and O–H groups in total. The van der Waals surface area contributed by atoms with Gasteiger partial charge < -0.3 is 0 Å². The maximum absolute atomic E-state index is 2.27. The Labute approximate surface area is 527 Å². The van der Waals surface area contributed by atoms with Crippen LogP contribution in [-0.2, 0) is 0 Å². The van der Waals surface area contributed by atoms with Crippen LogP contribution in [0.25, 0.3) is 0 Å². The van der Waals surface area contributed by atoms with Crippen LogP contribution in [0.15, 0.2) is 0 Å². The van der Waals surface area contributed by atoms with Crippen LogP contribution in [0.3, 0.4) is 0 Å². The zero-order chi connectivity index (χ0) is 61.3. The van der Waals surface area contributed by atoms with Gasteiger partial charge in [0.15, 0.2) is 0 Å². The second kappa shape index (κ2) is 122. The lowest BCUT2D eigenvalue weighted by molar-refractivity contribution is 0.585. The maximum atomic E-state index is 2.27. The summed E-state index contributed by atoms with van der Waals surface area (Å²) in [6.07, 6.45) is 91.7. The first-order valence-corrected chi connectivity index (χ1v) is 39.3. The van der Waals surface area contributed by atoms with E-state index in [0.717, 1.165) is 0 Å². The number of hydrogen-bond acceptors (Lipinski definition) is 0. The van der Waals surface area contributed by atoms with Gasteiger partial charge in [0.05, 0.1) is 0 Å². The molecule has 81 heavy (non-hydrogen) atoms. The smallest absolute Gasteiger partial charge is 0 e. The van der Waals surface area contributed by atoms with E-state index in [2.05, 4.69) is 111 Å². The summed E-state index contributed by atoms with van der Waals surface area (Å²) in [5.41, 5.74) is 0. The molecule has 0 saturated heterocycles. The molecule has 0 spiro atoms. The quantitative estimate of drug-likeness (QED) is 0.0421. The highest BCUT2D eigenvalue weighted by Crippen LogP contribution is 2.13. The lowest BCUT2D eigenvalue weighted by Crippen LogP contribution is -1.77. The van der Waals surface area contributed by atoms with Crippen molar-refractivity contribution in [1.29, 1.82) is 0 Å². The summed E-state index contributed by atoms with van der Waals surface area (Å²) in [6.45, 7) is 36.3. The molecule has 0 rings (SSSR count). The predicted octanol–water partition coefficient (Wildman–Crippen LogP) is 32.8. The van der Waals surface area contributed by atoms with Crippen molar-refractivity contribution in [2.45, 2.75) is 522 Å². The van der Waals surface area contributed by atoms with Gasteiger partial charge in [0, 0.05) is 8.41 Å². The van der Waals surface area contributed by atoms with Crippen molar-refractivity contribution in [2.75, 3.05) is 0 Å². The van der Waals surface area contributed by atoms with Crippen LogP contribution in [0.2, 0.25) is 0 Å². The molecule has 0 aliphatic carbocycles. The van der Waals surface area contributed by atoms with Crippen molar-refractivity contribution in [2.24, 2.45) is 0 Å². The fraction of sp³-hybridized carbons (Fsp3) is 1.00. The van der Waals surface area contributed by atoms with Crippen LogP contribution in [0.1, 0.15) is 522 Å². The Balaban J connectivity index is -0.000000104. The molecule has 0 atom stereocenters. The predicted molar refractivity (Wildman–Crippen MR) is 392 cm³/mol. The minimum atomic E-state index is 0. The summed E-state index contributed by atoms with van der Waals surface area (Å²) in [6, 6.07) is 0. The summed E-state index contributed by atoms with van der Waals surface area (Å²) in [7, 11) is 0. The van der Waals surface area contributed by atoms with Crippen molar-refractivity contribution in [3.8, 4) is 0 Å². The fourth-order valence-corrected chi connectivity index (χ4v) is 9.66. The molecule has 0 aliphatic rings. The summed E-state index contributed by atoms with van der Waals surface area (Å²) in [5, 5.41) is 0. The van der Waals surface area contributed by atoms with Gasteiger partial charge in [0.25, 0.3) is 0 Å². The molecule has 0 amide bonds. The molecule has 0 unspecified atom stereocenters. The lowest BCUT2D eigenvalue weighted by Gasteiger charge is -1.97. The number of hydrogen-bond donors (Lipinski definition) is 0. The third-order valence-electron chi connectivity index (χ3n) is 15.7. The zero-order valence-corrected chi connectivity index (χ0v) is 61.8. The summed E-state index contributed by atoms with van der Waals surface area (Å²) in [4.78, 5) is 0. The van der Waals surface area contributed by atoms with Gasteiger partial charge in [-0.3, -0.25) is 0 Å². The minimum Gasteiger partial charge on any atom is -0.0654 e. The molecule has 0 fully saturated rings. The first kappa shape index (κ1) is 100. The number of rotatable bonds is 56. The minimum absolute atomic E-state index is 0. The first-order chi connectivity index (χ1) is 39.3. The molecule has 0 aromatic carbocycles. The van der Waals surface area contributed by atoms with Gasteiger partial charge in [-0.05, 0) is 0 Å². The van der Waals surface area contributed by atoms with Gasteiger partial charge in [-0.15, -0.1) is 0 Å². The Morgan fingerprint density at radius 2 is 0.111 bits per heavy atom. The van der Waals surface area contributed by atoms with Crippen molar-refractivity contribution in [1.82, 2.24) is 0 Å². The summed E-state index contributed by atoms with van der Waals surface area (Å²) in [5.74, 6) is 0. The van der Waals surface area contributed by atoms with Gasteiger partial charge in [-0.2, -0.15) is 0 Å². The molecule has 0 heterocycles. The van der Waals surface area contributed by atoms with Gasteiger partial charge in [-0.25, -0.2) is 0 Å². The summed E-state index contributed by atoms with van der Waals surface area (Å²) < 4.78 is 0. The van der Waals surface area contributed by atoms with Gasteiger partial charge in [0.1, 0.15) is 0 Å². The van der Waals surface area contributed by atoms with Crippen molar-refractivity contribution >= 4 is 8.41 Å². The van der Waals surface area contributed by atoms with Gasteiger partial charge in [-0.1, -0.05) is 522 Å². The van der Waals surface area contributed by atoms with E-state index in [0.29, 0.717) is 0 Å². The van der Waals surface area contributed by atoms with Crippen LogP contribution in [0.4, 0.5) is 0 Å². The maximum Gasteiger partial charge on any atom is 0 e. The fourth-order valence-electron chi connectivity index (χ4n) is 9.66. The van der Waals surface area contributed by atoms with E-state index >= 15 is 0 Å². The van der Waals surface area contributed by atoms with Crippen LogP contribution >= 0.6 is 0 Å². The highest BCUT2D eigenvalue weighted by atomic mass is 14.0. The van der Waals surface area contributed by atoms with E-state index in [9.17, 15) is 0 Å². The first-order valence-electron chi connectivity index (χ1n) is 39.3. The van der Waals surface area contributed by atoms with Crippen LogP contribution < -0.4 is 0 Å². The molecule has 1 heteroatoms. The van der Waals surface area contributed by atoms with E-state index in [4.69, 9.17) is 0 Å². The zero-order valence-electron chi connectivity index (χ0n) is 61.8. The highest BCUT2D eigenvalue weighted by Gasteiger charge is 1.93. The Kier molecular flexibility index (Phi) is 151. The second-order valence-electron chi connectivity index (χ2n) is 25.0. The molecule has 0 saturated carbocycles. The molecular weight excluding hydrogens is 972 g/mol. The number of unbranched alkanes of at least 4 members (excludes halogenated alkanes) is 56. The standard InChI is InChI=1S/8C10H22.B/c8*1-3-5-7-9-10-8-6-4-2;/h8*3-10H2,1-2H3;. The Bertz CT molecular complexity index is 520. The molecule has 0 bridgehead atoms. The molecule has 499 valence electrons. The van der Waals surface area contributed by atoms with E-state index in [-0.39, 0.29) is 8.41 Å². The van der Waals surface area contributed by atoms with Crippen LogP contribution in [0, 0.1) is 0 Å². The SMILES string of the molecule is CCCCCCCCCC.CCCCCCCCCC.CCCCCCCCCC.CCCCCCCCCC.CCCCCCCCCC.CCCCCCCCCC.CCCCCCCCCC.CCCCCCCCCC.[B]. The van der Waals surface area contributed by atoms with E-state index < -0.39 is 0 Å². The third kappa shape index (κ3) is 155. The molecule has 0 aromatic heterocycles. The Morgan fingerprint density at radius 3 is 0.148 bits per heavy atom. The lowest BCUT2D eigenvalue weighted by atomic mass is 10.1. The average molecular weight is 1150 g/mol. The van der Waals surface area contributed by atoms with Crippen molar-refractivity contribution in [3.63, 3.8) is 0 Å². The second-order valence-corrected chi connectivity index (χ2v) is 25.0. The average Bonchev–Trinajstić information content (AvgIpc) is 3.47.